The van der Waals surface area contributed by atoms with E-state index in [0.717, 1.165) is 11.1 Å². The molecular weight excluding hydrogens is 1130 g/mol. The first-order valence-corrected chi connectivity index (χ1v) is 28.1. The van der Waals surface area contributed by atoms with Gasteiger partial charge in [-0.15, -0.1) is 0 Å². The van der Waals surface area contributed by atoms with Gasteiger partial charge in [0.2, 0.25) is 41.4 Å². The molecule has 0 unspecified atom stereocenters. The van der Waals surface area contributed by atoms with Gasteiger partial charge in [0.1, 0.15) is 35.9 Å². The largest absolute Gasteiger partial charge is 0.480 e. The van der Waals surface area contributed by atoms with Gasteiger partial charge in [0.05, 0.1) is 63.9 Å². The van der Waals surface area contributed by atoms with Crippen LogP contribution >= 0.6 is 0 Å². The lowest BCUT2D eigenvalue weighted by Gasteiger charge is -2.33. The normalized spacial score (nSPS) is 18.4. The summed E-state index contributed by atoms with van der Waals surface area (Å²) in [6.07, 6.45) is 0.938. The number of aliphatic carboxylic acids is 5. The zero-order chi connectivity index (χ0) is 62.6. The molecule has 6 rings (SSSR count). The number of hydrogen-bond donors (Lipinski definition) is 12. The van der Waals surface area contributed by atoms with Crippen LogP contribution in [-0.2, 0) is 89.9 Å². The van der Waals surface area contributed by atoms with E-state index in [2.05, 4.69) is 47.3 Å². The number of hydrogen-bond acceptors (Lipinski definition) is 18. The summed E-state index contributed by atoms with van der Waals surface area (Å²) in [7, 11) is 0. The highest BCUT2D eigenvalue weighted by Crippen LogP contribution is 2.39. The molecule has 3 aromatic rings. The first kappa shape index (κ1) is 66.2. The molecule has 31 nitrogen and oxygen atoms in total. The molecule has 86 heavy (non-hydrogen) atoms. The Morgan fingerprint density at radius 3 is 1.72 bits per heavy atom. The minimum absolute atomic E-state index is 0.0359. The van der Waals surface area contributed by atoms with Crippen molar-refractivity contribution in [2.45, 2.75) is 102 Å². The molecule has 3 aliphatic heterocycles. The van der Waals surface area contributed by atoms with Crippen molar-refractivity contribution in [1.29, 1.82) is 0 Å². The molecule has 4 heterocycles. The molecule has 31 heteroatoms. The van der Waals surface area contributed by atoms with E-state index in [9.17, 15) is 83.1 Å². The third kappa shape index (κ3) is 20.1. The number of nitrogens with zero attached hydrogens (tertiary/aromatic N) is 7. The number of benzene rings is 2. The highest BCUT2D eigenvalue weighted by atomic mass is 16.4. The Kier molecular flexibility index (Phi) is 24.5. The number of carboxylic acid groups (broad SMARTS) is 5. The molecule has 12 N–H and O–H groups in total. The highest BCUT2D eigenvalue weighted by Gasteiger charge is 2.45. The van der Waals surface area contributed by atoms with Crippen molar-refractivity contribution in [2.24, 2.45) is 5.92 Å². The van der Waals surface area contributed by atoms with E-state index in [1.165, 1.54) is 25.8 Å². The van der Waals surface area contributed by atoms with Gasteiger partial charge in [-0.05, 0) is 41.0 Å². The second-order valence-corrected chi connectivity index (χ2v) is 21.4. The van der Waals surface area contributed by atoms with E-state index in [0.29, 0.717) is 35.3 Å². The van der Waals surface area contributed by atoms with Crippen molar-refractivity contribution in [3.8, 4) is 0 Å². The first-order chi connectivity index (χ1) is 41.0. The predicted molar refractivity (Wildman–Crippen MR) is 300 cm³/mol. The molecule has 1 saturated heterocycles. The van der Waals surface area contributed by atoms with Crippen LogP contribution in [-0.4, -0.2) is 240 Å². The number of nitrogens with one attached hydrogen (secondary N) is 7. The number of carboxylic acids is 5. The molecule has 0 bridgehead atoms. The van der Waals surface area contributed by atoms with Crippen molar-refractivity contribution in [1.82, 2.24) is 66.9 Å². The summed E-state index contributed by atoms with van der Waals surface area (Å²) in [6.45, 7) is 2.55. The maximum atomic E-state index is 14.4. The standard InChI is InChI=1S/C55H74N14O17/c1-3-32(2)49(52(81)61-38-11-10-35-8-5-9-36-22-41(69(50(35)36)53(38)82)51(80)57-26-37-27-58-64-63-37)62-43(71)21-33-6-4-7-34(20-33)25-56-42(70)23-39(54(83)84)59-44(72)24-40(55(85)86)60-45(73)28-65-12-14-66(29-46(74)75)16-18-68(31-48(78)79)19-17-67(15-13-65)30-47(76)77/h4-9,20,27,32,38-41,49H,3,10-19,21-26,28-31H2,1-2H3,(H,56,70)(H,57,80)(H,59,72)(H,60,73)(H,61,81)(H,62,71)(H,74,75)(H,76,77)(H,78,79)(H,83,84)(H,85,86)(H,58,63,64)/t32-,38-,39-,40-,41-,49-/m0/s1. The second kappa shape index (κ2) is 31.8. The number of rotatable bonds is 28. The van der Waals surface area contributed by atoms with Gasteiger partial charge in [-0.25, -0.2) is 9.59 Å². The fourth-order valence-corrected chi connectivity index (χ4v) is 10.3. The van der Waals surface area contributed by atoms with Crippen LogP contribution in [0.3, 0.4) is 0 Å². The van der Waals surface area contributed by atoms with E-state index in [1.54, 1.807) is 36.1 Å². The van der Waals surface area contributed by atoms with Gasteiger partial charge >= 0.3 is 29.8 Å². The summed E-state index contributed by atoms with van der Waals surface area (Å²) >= 11 is 0. The Hall–Kier alpha value is -8.94. The molecule has 0 spiro atoms. The Labute approximate surface area is 493 Å². The van der Waals surface area contributed by atoms with Crippen molar-refractivity contribution < 1.29 is 83.1 Å². The molecule has 0 aliphatic carbocycles. The number of H-pyrrole nitrogens is 1. The number of amides is 7. The summed E-state index contributed by atoms with van der Waals surface area (Å²) in [6, 6.07) is 5.44. The molecule has 0 radical (unpaired) electrons. The lowest BCUT2D eigenvalue weighted by molar-refractivity contribution is -0.145. The average Bonchev–Trinajstić information content (AvgIpc) is 2.81. The van der Waals surface area contributed by atoms with Crippen molar-refractivity contribution in [3.63, 3.8) is 0 Å². The monoisotopic (exact) mass is 1200 g/mol. The molecule has 2 aromatic carbocycles. The van der Waals surface area contributed by atoms with E-state index in [-0.39, 0.29) is 97.2 Å². The molecule has 3 aliphatic rings. The predicted octanol–water partition coefficient (Wildman–Crippen LogP) is -3.41. The number of anilines is 1. The Balaban J connectivity index is 0.993. The molecule has 6 atom stereocenters. The SMILES string of the molecule is CC[C@H](C)[C@H](NC(=O)Cc1cccc(CNC(=O)C[C@H](NC(=O)C[C@H](NC(=O)CN2CCN(CC(=O)O)CCN(CC(=O)O)CCN(CC(=O)O)CC2)C(=O)O)C(=O)O)c1)C(=O)N[C@H]1CCc2cccc3c2N(C1=O)[C@H](C(=O)NCc1cn[nH]n1)C3. The number of carbonyl (C=O) groups excluding carboxylic acids is 7. The Bertz CT molecular complexity index is 2930. The quantitative estimate of drug-likeness (QED) is 0.0337. The molecule has 0 saturated carbocycles. The van der Waals surface area contributed by atoms with E-state index >= 15 is 0 Å². The van der Waals surface area contributed by atoms with Crippen LogP contribution in [0.25, 0.3) is 0 Å². The van der Waals surface area contributed by atoms with E-state index in [1.807, 2.05) is 25.1 Å². The van der Waals surface area contributed by atoms with Crippen LogP contribution < -0.4 is 36.8 Å². The average molecular weight is 1200 g/mol. The number of aromatic amines is 1. The van der Waals surface area contributed by atoms with Gasteiger partial charge < -0.3 is 57.4 Å². The van der Waals surface area contributed by atoms with Crippen molar-refractivity contribution in [2.75, 3.05) is 83.4 Å². The van der Waals surface area contributed by atoms with Gasteiger partial charge in [-0.1, -0.05) is 62.7 Å². The summed E-state index contributed by atoms with van der Waals surface area (Å²) in [5.74, 6) is -12.0. The first-order valence-electron chi connectivity index (χ1n) is 28.1. The van der Waals surface area contributed by atoms with Gasteiger partial charge in [-0.2, -0.15) is 15.4 Å². The van der Waals surface area contributed by atoms with Crippen LogP contribution in [0.15, 0.2) is 48.7 Å². The highest BCUT2D eigenvalue weighted by molar-refractivity contribution is 6.08. The summed E-state index contributed by atoms with van der Waals surface area (Å²) in [4.78, 5) is 162. The van der Waals surface area contributed by atoms with Gasteiger partial charge in [0.25, 0.3) is 0 Å². The zero-order valence-corrected chi connectivity index (χ0v) is 47.7. The van der Waals surface area contributed by atoms with Gasteiger partial charge in [0.15, 0.2) is 0 Å². The van der Waals surface area contributed by atoms with Crippen LogP contribution in [0.4, 0.5) is 5.69 Å². The Morgan fingerprint density at radius 2 is 1.17 bits per heavy atom. The smallest absolute Gasteiger partial charge is 0.326 e. The van der Waals surface area contributed by atoms with Gasteiger partial charge in [-0.3, -0.25) is 72.4 Å². The van der Waals surface area contributed by atoms with Crippen LogP contribution in [0, 0.1) is 5.92 Å². The summed E-state index contributed by atoms with van der Waals surface area (Å²) < 4.78 is 0. The maximum Gasteiger partial charge on any atom is 0.326 e. The molecule has 466 valence electrons. The van der Waals surface area contributed by atoms with Gasteiger partial charge in [0, 0.05) is 65.3 Å². The topological polar surface area (TPSA) is 436 Å². The van der Waals surface area contributed by atoms with Crippen LogP contribution in [0.5, 0.6) is 0 Å². The lowest BCUT2D eigenvalue weighted by atomic mass is 9.96. The van der Waals surface area contributed by atoms with Crippen LogP contribution in [0.2, 0.25) is 0 Å². The molecular formula is C55H74N14O17. The molecule has 7 amide bonds. The third-order valence-corrected chi connectivity index (χ3v) is 15.0. The number of carbonyl (C=O) groups is 12. The lowest BCUT2D eigenvalue weighted by Crippen LogP contribution is -2.58. The fraction of sp³-hybridized carbons (Fsp3) is 0.527. The second-order valence-electron chi connectivity index (χ2n) is 21.4. The fourth-order valence-electron chi connectivity index (χ4n) is 10.3. The van der Waals surface area contributed by atoms with Crippen molar-refractivity contribution >= 4 is 76.9 Å². The van der Waals surface area contributed by atoms with Crippen LogP contribution in [0.1, 0.15) is 67.5 Å². The summed E-state index contributed by atoms with van der Waals surface area (Å²) in [5, 5.41) is 74.0. The Morgan fingerprint density at radius 1 is 0.640 bits per heavy atom. The summed E-state index contributed by atoms with van der Waals surface area (Å²) in [5.41, 5.74) is 3.81. The maximum absolute atomic E-state index is 14.4. The molecule has 1 aromatic heterocycles. The minimum atomic E-state index is -1.88. The number of aryl methyl sites for hydroxylation is 1. The number of aromatic nitrogens is 3. The third-order valence-electron chi connectivity index (χ3n) is 15.0. The van der Waals surface area contributed by atoms with Crippen molar-refractivity contribution in [3.05, 3.63) is 76.6 Å². The minimum Gasteiger partial charge on any atom is -0.480 e. The zero-order valence-electron chi connectivity index (χ0n) is 47.7. The van der Waals surface area contributed by atoms with E-state index < -0.39 is 134 Å². The van der Waals surface area contributed by atoms with E-state index in [4.69, 9.17) is 0 Å². The molecule has 1 fully saturated rings. The number of para-hydroxylation sites is 1.